The maximum absolute atomic E-state index is 10.7. The lowest BCUT2D eigenvalue weighted by atomic mass is 10.2. The van der Waals surface area contributed by atoms with Crippen LogP contribution in [0.4, 0.5) is 5.82 Å². The molecular weight excluding hydrogens is 208 g/mol. The van der Waals surface area contributed by atoms with Crippen molar-refractivity contribution in [1.29, 1.82) is 0 Å². The highest BCUT2D eigenvalue weighted by Crippen LogP contribution is 2.16. The summed E-state index contributed by atoms with van der Waals surface area (Å²) in [5, 5.41) is 8.76. The van der Waals surface area contributed by atoms with E-state index in [0.29, 0.717) is 5.82 Å². The molecule has 0 amide bonds. The van der Waals surface area contributed by atoms with Crippen LogP contribution in [0.15, 0.2) is 30.7 Å². The Morgan fingerprint density at radius 2 is 2.00 bits per heavy atom. The van der Waals surface area contributed by atoms with Crippen LogP contribution in [0.3, 0.4) is 0 Å². The molecule has 2 heterocycles. The van der Waals surface area contributed by atoms with Gasteiger partial charge in [-0.1, -0.05) is 0 Å². The van der Waals surface area contributed by atoms with Crippen LogP contribution in [0.25, 0.3) is 11.4 Å². The number of nitrogens with two attached hydrogens (primary N) is 1. The molecule has 80 valence electrons. The van der Waals surface area contributed by atoms with Crippen LogP contribution >= 0.6 is 0 Å². The Morgan fingerprint density at radius 3 is 2.56 bits per heavy atom. The Labute approximate surface area is 90.8 Å². The lowest BCUT2D eigenvalue weighted by molar-refractivity contribution is 0.0697. The van der Waals surface area contributed by atoms with E-state index in [9.17, 15) is 4.79 Å². The Balaban J connectivity index is 2.46. The van der Waals surface area contributed by atoms with Gasteiger partial charge in [-0.15, -0.1) is 0 Å². The Kier molecular flexibility index (Phi) is 2.47. The van der Waals surface area contributed by atoms with Gasteiger partial charge in [-0.2, -0.15) is 0 Å². The first-order valence-electron chi connectivity index (χ1n) is 4.44. The van der Waals surface area contributed by atoms with Crippen molar-refractivity contribution < 1.29 is 9.90 Å². The fourth-order valence-electron chi connectivity index (χ4n) is 1.20. The molecular formula is C10H8N4O2. The molecule has 0 aliphatic carbocycles. The minimum absolute atomic E-state index is 0.0469. The second-order valence-corrected chi connectivity index (χ2v) is 3.03. The SMILES string of the molecule is Nc1nc(-c2ccncc2)ncc1C(=O)O. The molecule has 0 saturated heterocycles. The van der Waals surface area contributed by atoms with Gasteiger partial charge in [0.15, 0.2) is 5.82 Å². The minimum atomic E-state index is -1.14. The molecule has 6 heteroatoms. The van der Waals surface area contributed by atoms with E-state index in [1.165, 1.54) is 6.20 Å². The van der Waals surface area contributed by atoms with Gasteiger partial charge in [-0.05, 0) is 12.1 Å². The first-order chi connectivity index (χ1) is 7.68. The van der Waals surface area contributed by atoms with Crippen molar-refractivity contribution in [1.82, 2.24) is 15.0 Å². The number of carboxylic acids is 1. The number of aromatic nitrogens is 3. The molecule has 6 nitrogen and oxygen atoms in total. The quantitative estimate of drug-likeness (QED) is 0.770. The average molecular weight is 216 g/mol. The number of hydrogen-bond donors (Lipinski definition) is 2. The van der Waals surface area contributed by atoms with E-state index >= 15 is 0 Å². The van der Waals surface area contributed by atoms with E-state index in [4.69, 9.17) is 10.8 Å². The summed E-state index contributed by atoms with van der Waals surface area (Å²) in [4.78, 5) is 22.4. The molecule has 2 rings (SSSR count). The zero-order valence-electron chi connectivity index (χ0n) is 8.16. The van der Waals surface area contributed by atoms with Crippen molar-refractivity contribution in [2.45, 2.75) is 0 Å². The number of rotatable bonds is 2. The highest BCUT2D eigenvalue weighted by molar-refractivity contribution is 5.92. The number of anilines is 1. The molecule has 0 unspecified atom stereocenters. The molecule has 0 aromatic carbocycles. The Morgan fingerprint density at radius 1 is 1.31 bits per heavy atom. The fraction of sp³-hybridized carbons (Fsp3) is 0. The number of hydrogen-bond acceptors (Lipinski definition) is 5. The average Bonchev–Trinajstić information content (AvgIpc) is 2.29. The van der Waals surface area contributed by atoms with Crippen LogP contribution in [0.5, 0.6) is 0 Å². The lowest BCUT2D eigenvalue weighted by Crippen LogP contribution is -2.06. The van der Waals surface area contributed by atoms with Crippen molar-refractivity contribution in [3.8, 4) is 11.4 Å². The number of nitrogens with zero attached hydrogens (tertiary/aromatic N) is 3. The smallest absolute Gasteiger partial charge is 0.341 e. The number of aromatic carboxylic acids is 1. The number of carbonyl (C=O) groups is 1. The van der Waals surface area contributed by atoms with Gasteiger partial charge >= 0.3 is 5.97 Å². The standard InChI is InChI=1S/C10H8N4O2/c11-8-7(10(15)16)5-13-9(14-8)6-1-3-12-4-2-6/h1-5H,(H,15,16)(H2,11,13,14). The highest BCUT2D eigenvalue weighted by Gasteiger charge is 2.11. The van der Waals surface area contributed by atoms with Gasteiger partial charge < -0.3 is 10.8 Å². The molecule has 0 bridgehead atoms. The van der Waals surface area contributed by atoms with E-state index in [1.807, 2.05) is 0 Å². The molecule has 2 aromatic rings. The normalized spacial score (nSPS) is 10.0. The van der Waals surface area contributed by atoms with Crippen LogP contribution < -0.4 is 5.73 Å². The summed E-state index contributed by atoms with van der Waals surface area (Å²) < 4.78 is 0. The van der Waals surface area contributed by atoms with Gasteiger partial charge in [0, 0.05) is 24.2 Å². The Bertz CT molecular complexity index is 528. The molecule has 0 atom stereocenters. The van der Waals surface area contributed by atoms with E-state index in [0.717, 1.165) is 5.56 Å². The van der Waals surface area contributed by atoms with Crippen molar-refractivity contribution in [2.75, 3.05) is 5.73 Å². The molecule has 0 aliphatic rings. The third kappa shape index (κ3) is 1.81. The molecule has 0 spiro atoms. The summed E-state index contributed by atoms with van der Waals surface area (Å²) >= 11 is 0. The summed E-state index contributed by atoms with van der Waals surface area (Å²) in [6.07, 6.45) is 4.39. The molecule has 16 heavy (non-hydrogen) atoms. The third-order valence-corrected chi connectivity index (χ3v) is 1.99. The van der Waals surface area contributed by atoms with E-state index < -0.39 is 5.97 Å². The summed E-state index contributed by atoms with van der Waals surface area (Å²) in [6, 6.07) is 3.43. The summed E-state index contributed by atoms with van der Waals surface area (Å²) in [5.41, 5.74) is 6.15. The van der Waals surface area contributed by atoms with Crippen molar-refractivity contribution in [2.24, 2.45) is 0 Å². The third-order valence-electron chi connectivity index (χ3n) is 1.99. The van der Waals surface area contributed by atoms with Crippen LogP contribution in [0, 0.1) is 0 Å². The predicted octanol–water partition coefficient (Wildman–Crippen LogP) is 0.819. The molecule has 0 radical (unpaired) electrons. The summed E-state index contributed by atoms with van der Waals surface area (Å²) in [5.74, 6) is -0.807. The van der Waals surface area contributed by atoms with Crippen molar-refractivity contribution >= 4 is 11.8 Å². The predicted molar refractivity (Wildman–Crippen MR) is 56.6 cm³/mol. The fourth-order valence-corrected chi connectivity index (χ4v) is 1.20. The maximum atomic E-state index is 10.7. The van der Waals surface area contributed by atoms with Gasteiger partial charge in [0.25, 0.3) is 0 Å². The van der Waals surface area contributed by atoms with Crippen LogP contribution in [-0.2, 0) is 0 Å². The second-order valence-electron chi connectivity index (χ2n) is 3.03. The van der Waals surface area contributed by atoms with E-state index in [2.05, 4.69) is 15.0 Å². The monoisotopic (exact) mass is 216 g/mol. The largest absolute Gasteiger partial charge is 0.477 e. The minimum Gasteiger partial charge on any atom is -0.477 e. The zero-order chi connectivity index (χ0) is 11.5. The second kappa shape index (κ2) is 3.93. The lowest BCUT2D eigenvalue weighted by Gasteiger charge is -2.02. The van der Waals surface area contributed by atoms with Gasteiger partial charge in [0.2, 0.25) is 0 Å². The first-order valence-corrected chi connectivity index (χ1v) is 4.44. The van der Waals surface area contributed by atoms with Gasteiger partial charge in [0.1, 0.15) is 11.4 Å². The van der Waals surface area contributed by atoms with Crippen LogP contribution in [-0.4, -0.2) is 26.0 Å². The van der Waals surface area contributed by atoms with E-state index in [-0.39, 0.29) is 11.4 Å². The Hall–Kier alpha value is -2.50. The van der Waals surface area contributed by atoms with Crippen LogP contribution in [0.1, 0.15) is 10.4 Å². The molecule has 0 saturated carbocycles. The number of pyridine rings is 1. The van der Waals surface area contributed by atoms with Gasteiger partial charge in [-0.25, -0.2) is 14.8 Å². The molecule has 0 fully saturated rings. The highest BCUT2D eigenvalue weighted by atomic mass is 16.4. The van der Waals surface area contributed by atoms with Crippen LogP contribution in [0.2, 0.25) is 0 Å². The van der Waals surface area contributed by atoms with Gasteiger partial charge in [-0.3, -0.25) is 4.98 Å². The maximum Gasteiger partial charge on any atom is 0.341 e. The number of nitrogen functional groups attached to an aromatic ring is 1. The van der Waals surface area contributed by atoms with Crippen molar-refractivity contribution in [3.05, 3.63) is 36.3 Å². The van der Waals surface area contributed by atoms with Crippen molar-refractivity contribution in [3.63, 3.8) is 0 Å². The zero-order valence-corrected chi connectivity index (χ0v) is 8.16. The summed E-state index contributed by atoms with van der Waals surface area (Å²) in [6.45, 7) is 0. The number of carboxylic acid groups (broad SMARTS) is 1. The topological polar surface area (TPSA) is 102 Å². The van der Waals surface area contributed by atoms with Gasteiger partial charge in [0.05, 0.1) is 0 Å². The van der Waals surface area contributed by atoms with E-state index in [1.54, 1.807) is 24.5 Å². The molecule has 0 aliphatic heterocycles. The molecule has 2 aromatic heterocycles. The summed E-state index contributed by atoms with van der Waals surface area (Å²) in [7, 11) is 0. The molecule has 3 N–H and O–H groups in total. The first kappa shape index (κ1) is 10.0.